The van der Waals surface area contributed by atoms with Crippen molar-refractivity contribution in [1.29, 1.82) is 0 Å². The molecule has 4 heteroatoms. The van der Waals surface area contributed by atoms with Crippen LogP contribution in [0.3, 0.4) is 0 Å². The van der Waals surface area contributed by atoms with E-state index in [4.69, 9.17) is 9.84 Å². The van der Waals surface area contributed by atoms with E-state index in [0.717, 1.165) is 32.1 Å². The molecule has 0 fully saturated rings. The highest BCUT2D eigenvalue weighted by Gasteiger charge is 2.17. The van der Waals surface area contributed by atoms with Crippen molar-refractivity contribution in [2.24, 2.45) is 0 Å². The van der Waals surface area contributed by atoms with E-state index in [-0.39, 0.29) is 12.4 Å². The number of allylic oxidation sites excluding steroid dienone is 2. The lowest BCUT2D eigenvalue weighted by atomic mass is 10.0. The van der Waals surface area contributed by atoms with Gasteiger partial charge in [-0.15, -0.1) is 0 Å². The summed E-state index contributed by atoms with van der Waals surface area (Å²) < 4.78 is 5.52. The molecule has 1 atom stereocenters. The van der Waals surface area contributed by atoms with Gasteiger partial charge in [0.15, 0.2) is 0 Å². The molecule has 36 heavy (non-hydrogen) atoms. The zero-order valence-corrected chi connectivity index (χ0v) is 24.1. The molecule has 0 saturated heterocycles. The number of carboxylic acid groups (broad SMARTS) is 1. The Morgan fingerprint density at radius 3 is 1.50 bits per heavy atom. The van der Waals surface area contributed by atoms with E-state index in [1.54, 1.807) is 0 Å². The van der Waals surface area contributed by atoms with Crippen LogP contribution in [0, 0.1) is 0 Å². The van der Waals surface area contributed by atoms with Crippen molar-refractivity contribution in [1.82, 2.24) is 0 Å². The monoisotopic (exact) mass is 508 g/mol. The van der Waals surface area contributed by atoms with Crippen molar-refractivity contribution in [3.8, 4) is 0 Å². The molecule has 0 aromatic rings. The smallest absolute Gasteiger partial charge is 0.307 e. The van der Waals surface area contributed by atoms with Crippen LogP contribution < -0.4 is 0 Å². The number of hydrogen-bond acceptors (Lipinski definition) is 3. The standard InChI is InChI=1S/C32H60O4/c1-3-5-7-9-11-13-14-15-16-17-18-19-20-22-24-26-28-32(35)36-30(29-31(33)34)27-25-23-21-12-10-8-6-4-2/h15-16,30H,3-14,17-29H2,1-2H3,(H,33,34)/b16-15-. The van der Waals surface area contributed by atoms with E-state index in [0.29, 0.717) is 12.8 Å². The highest BCUT2D eigenvalue weighted by atomic mass is 16.5. The van der Waals surface area contributed by atoms with E-state index in [2.05, 4.69) is 26.0 Å². The van der Waals surface area contributed by atoms with Crippen molar-refractivity contribution in [3.63, 3.8) is 0 Å². The molecule has 0 saturated carbocycles. The summed E-state index contributed by atoms with van der Waals surface area (Å²) in [6.45, 7) is 4.49. The van der Waals surface area contributed by atoms with Gasteiger partial charge in [0.1, 0.15) is 6.10 Å². The van der Waals surface area contributed by atoms with Gasteiger partial charge in [0.2, 0.25) is 0 Å². The largest absolute Gasteiger partial charge is 0.481 e. The van der Waals surface area contributed by atoms with E-state index in [1.807, 2.05) is 0 Å². The maximum Gasteiger partial charge on any atom is 0.307 e. The van der Waals surface area contributed by atoms with E-state index in [1.165, 1.54) is 109 Å². The summed E-state index contributed by atoms with van der Waals surface area (Å²) in [6.07, 6.45) is 32.3. The minimum Gasteiger partial charge on any atom is -0.481 e. The topological polar surface area (TPSA) is 63.6 Å². The number of carbonyl (C=O) groups is 2. The Bertz CT molecular complexity index is 514. The van der Waals surface area contributed by atoms with Gasteiger partial charge in [-0.3, -0.25) is 9.59 Å². The van der Waals surface area contributed by atoms with Crippen LogP contribution in [0.4, 0.5) is 0 Å². The molecule has 0 spiro atoms. The fraction of sp³-hybridized carbons (Fsp3) is 0.875. The van der Waals surface area contributed by atoms with Crippen molar-refractivity contribution >= 4 is 11.9 Å². The quantitative estimate of drug-likeness (QED) is 0.0648. The van der Waals surface area contributed by atoms with Crippen molar-refractivity contribution in [3.05, 3.63) is 12.2 Å². The number of carbonyl (C=O) groups excluding carboxylic acids is 1. The lowest BCUT2D eigenvalue weighted by Gasteiger charge is -2.16. The lowest BCUT2D eigenvalue weighted by Crippen LogP contribution is -2.21. The molecule has 4 nitrogen and oxygen atoms in total. The number of rotatable bonds is 28. The van der Waals surface area contributed by atoms with Crippen LogP contribution in [-0.4, -0.2) is 23.1 Å². The van der Waals surface area contributed by atoms with Crippen molar-refractivity contribution in [2.45, 2.75) is 180 Å². The Labute approximate surface area is 224 Å². The van der Waals surface area contributed by atoms with E-state index in [9.17, 15) is 9.59 Å². The highest BCUT2D eigenvalue weighted by molar-refractivity contribution is 5.71. The summed E-state index contributed by atoms with van der Waals surface area (Å²) in [7, 11) is 0. The minimum atomic E-state index is -0.885. The predicted octanol–water partition coefficient (Wildman–Crippen LogP) is 10.3. The van der Waals surface area contributed by atoms with Crippen LogP contribution in [0.15, 0.2) is 12.2 Å². The Morgan fingerprint density at radius 2 is 1.03 bits per heavy atom. The second-order valence-electron chi connectivity index (χ2n) is 10.7. The number of esters is 1. The average molecular weight is 509 g/mol. The Kier molecular flexibility index (Phi) is 27.2. The van der Waals surface area contributed by atoms with Gasteiger partial charge in [-0.05, 0) is 44.9 Å². The molecule has 0 heterocycles. The molecule has 0 rings (SSSR count). The van der Waals surface area contributed by atoms with Gasteiger partial charge in [0.05, 0.1) is 6.42 Å². The third-order valence-corrected chi connectivity index (χ3v) is 6.97. The molecule has 0 radical (unpaired) electrons. The van der Waals surface area contributed by atoms with Gasteiger partial charge >= 0.3 is 11.9 Å². The zero-order chi connectivity index (χ0) is 26.5. The van der Waals surface area contributed by atoms with Crippen molar-refractivity contribution < 1.29 is 19.4 Å². The summed E-state index contributed by atoms with van der Waals surface area (Å²) in [6, 6.07) is 0. The van der Waals surface area contributed by atoms with Crippen LogP contribution in [-0.2, 0) is 14.3 Å². The first-order valence-electron chi connectivity index (χ1n) is 15.7. The fourth-order valence-corrected chi connectivity index (χ4v) is 4.66. The minimum absolute atomic E-state index is 0.0738. The normalized spacial score (nSPS) is 12.3. The highest BCUT2D eigenvalue weighted by Crippen LogP contribution is 2.16. The Balaban J connectivity index is 3.65. The van der Waals surface area contributed by atoms with Crippen LogP contribution in [0.2, 0.25) is 0 Å². The lowest BCUT2D eigenvalue weighted by molar-refractivity contribution is -0.153. The third kappa shape index (κ3) is 27.3. The molecule has 0 aliphatic heterocycles. The molecule has 212 valence electrons. The molecule has 1 N–H and O–H groups in total. The number of ether oxygens (including phenoxy) is 1. The second-order valence-corrected chi connectivity index (χ2v) is 10.7. The van der Waals surface area contributed by atoms with E-state index >= 15 is 0 Å². The molecule has 0 aromatic carbocycles. The Morgan fingerprint density at radius 1 is 0.611 bits per heavy atom. The van der Waals surface area contributed by atoms with Crippen LogP contribution in [0.25, 0.3) is 0 Å². The first-order chi connectivity index (χ1) is 17.6. The fourth-order valence-electron chi connectivity index (χ4n) is 4.66. The number of hydrogen-bond donors (Lipinski definition) is 1. The first kappa shape index (κ1) is 34.7. The molecular weight excluding hydrogens is 448 g/mol. The van der Waals surface area contributed by atoms with Gasteiger partial charge in [-0.2, -0.15) is 0 Å². The molecule has 0 aliphatic rings. The van der Waals surface area contributed by atoms with Crippen LogP contribution in [0.1, 0.15) is 174 Å². The number of unbranched alkanes of at least 4 members (excludes halogenated alkanes) is 19. The summed E-state index contributed by atoms with van der Waals surface area (Å²) >= 11 is 0. The van der Waals surface area contributed by atoms with Gasteiger partial charge < -0.3 is 9.84 Å². The number of aliphatic carboxylic acids is 1. The van der Waals surface area contributed by atoms with Crippen LogP contribution >= 0.6 is 0 Å². The molecular formula is C32H60O4. The predicted molar refractivity (Wildman–Crippen MR) is 153 cm³/mol. The second kappa shape index (κ2) is 28.3. The molecule has 1 unspecified atom stereocenters. The van der Waals surface area contributed by atoms with E-state index < -0.39 is 12.1 Å². The summed E-state index contributed by atoms with van der Waals surface area (Å²) in [5.74, 6) is -1.11. The zero-order valence-electron chi connectivity index (χ0n) is 24.1. The Hall–Kier alpha value is -1.32. The molecule has 0 amide bonds. The SMILES string of the molecule is CCCCCCCC/C=C\CCCCCCCCC(=O)OC(CCCCCCCCCC)CC(=O)O. The maximum atomic E-state index is 12.2. The van der Waals surface area contributed by atoms with Gasteiger partial charge in [-0.25, -0.2) is 0 Å². The summed E-state index contributed by atoms with van der Waals surface area (Å²) in [4.78, 5) is 23.3. The molecule has 0 aliphatic carbocycles. The van der Waals surface area contributed by atoms with Crippen LogP contribution in [0.5, 0.6) is 0 Å². The van der Waals surface area contributed by atoms with Gasteiger partial charge in [0.25, 0.3) is 0 Å². The number of carboxylic acids is 1. The summed E-state index contributed by atoms with van der Waals surface area (Å²) in [5, 5.41) is 9.15. The average Bonchev–Trinajstić information content (AvgIpc) is 2.85. The maximum absolute atomic E-state index is 12.2. The molecule has 0 bridgehead atoms. The van der Waals surface area contributed by atoms with Crippen molar-refractivity contribution in [2.75, 3.05) is 0 Å². The third-order valence-electron chi connectivity index (χ3n) is 6.97. The summed E-state index contributed by atoms with van der Waals surface area (Å²) in [5.41, 5.74) is 0. The molecule has 0 aromatic heterocycles. The van der Waals surface area contributed by atoms with Gasteiger partial charge in [-0.1, -0.05) is 129 Å². The van der Waals surface area contributed by atoms with Gasteiger partial charge in [0, 0.05) is 6.42 Å². The first-order valence-corrected chi connectivity index (χ1v) is 15.7.